The third-order valence-electron chi connectivity index (χ3n) is 5.08. The fourth-order valence-electron chi connectivity index (χ4n) is 3.56. The van der Waals surface area contributed by atoms with Crippen molar-refractivity contribution in [3.05, 3.63) is 35.6 Å². The van der Waals surface area contributed by atoms with E-state index in [4.69, 9.17) is 5.73 Å². The lowest BCUT2D eigenvalue weighted by Crippen LogP contribution is -2.40. The van der Waals surface area contributed by atoms with E-state index >= 15 is 0 Å². The first-order chi connectivity index (χ1) is 9.53. The highest BCUT2D eigenvalue weighted by atomic mass is 19.1. The Morgan fingerprint density at radius 2 is 1.95 bits per heavy atom. The molecule has 0 spiro atoms. The number of nitrogens with two attached hydrogens (primary N) is 1. The molecule has 0 bridgehead atoms. The Labute approximate surface area is 122 Å². The van der Waals surface area contributed by atoms with Crippen LogP contribution in [0.25, 0.3) is 0 Å². The monoisotopic (exact) mass is 278 g/mol. The van der Waals surface area contributed by atoms with E-state index < -0.39 is 0 Å². The molecule has 1 aromatic carbocycles. The molecule has 112 valence electrons. The Bertz CT molecular complexity index is 440. The Morgan fingerprint density at radius 1 is 1.30 bits per heavy atom. The third kappa shape index (κ3) is 2.89. The summed E-state index contributed by atoms with van der Waals surface area (Å²) in [5.41, 5.74) is 7.31. The largest absolute Gasteiger partial charge is 0.326 e. The van der Waals surface area contributed by atoms with E-state index in [9.17, 15) is 4.39 Å². The lowest BCUT2D eigenvalue weighted by molar-refractivity contribution is 0.175. The van der Waals surface area contributed by atoms with Gasteiger partial charge in [0.15, 0.2) is 0 Å². The van der Waals surface area contributed by atoms with Crippen LogP contribution < -0.4 is 5.73 Å². The Hall–Kier alpha value is -0.930. The van der Waals surface area contributed by atoms with Crippen LogP contribution in [0.4, 0.5) is 4.39 Å². The van der Waals surface area contributed by atoms with E-state index in [1.165, 1.54) is 25.3 Å². The minimum absolute atomic E-state index is 0.0174. The number of nitrogens with zero attached hydrogens (tertiary/aromatic N) is 1. The van der Waals surface area contributed by atoms with Gasteiger partial charge in [0.25, 0.3) is 0 Å². The highest BCUT2D eigenvalue weighted by molar-refractivity contribution is 5.23. The molecule has 2 rings (SSSR count). The maximum Gasteiger partial charge on any atom is 0.128 e. The molecule has 1 aliphatic heterocycles. The van der Waals surface area contributed by atoms with E-state index in [2.05, 4.69) is 18.7 Å². The Kier molecular flexibility index (Phi) is 4.82. The molecule has 20 heavy (non-hydrogen) atoms. The molecule has 0 saturated carbocycles. The minimum atomic E-state index is -0.139. The molecule has 1 aliphatic rings. The van der Waals surface area contributed by atoms with Crippen LogP contribution in [0.1, 0.15) is 51.6 Å². The second-order valence-corrected chi connectivity index (χ2v) is 6.25. The van der Waals surface area contributed by atoms with Gasteiger partial charge in [0.1, 0.15) is 5.82 Å². The maximum absolute atomic E-state index is 14.1. The summed E-state index contributed by atoms with van der Waals surface area (Å²) in [6.07, 6.45) is 3.56. The number of rotatable bonds is 5. The van der Waals surface area contributed by atoms with Crippen molar-refractivity contribution in [3.63, 3.8) is 0 Å². The summed E-state index contributed by atoms with van der Waals surface area (Å²) in [7, 11) is 0. The van der Waals surface area contributed by atoms with Gasteiger partial charge in [0.2, 0.25) is 0 Å². The number of halogens is 1. The lowest BCUT2D eigenvalue weighted by Gasteiger charge is -2.34. The molecule has 1 aromatic rings. The topological polar surface area (TPSA) is 29.3 Å². The first-order valence-corrected chi connectivity index (χ1v) is 7.77. The van der Waals surface area contributed by atoms with E-state index in [-0.39, 0.29) is 17.9 Å². The summed E-state index contributed by atoms with van der Waals surface area (Å²) in [4.78, 5) is 2.38. The van der Waals surface area contributed by atoms with Gasteiger partial charge in [0, 0.05) is 18.2 Å². The minimum Gasteiger partial charge on any atom is -0.326 e. The molecule has 1 heterocycles. The van der Waals surface area contributed by atoms with Gasteiger partial charge in [0.05, 0.1) is 6.04 Å². The van der Waals surface area contributed by atoms with E-state index in [1.54, 1.807) is 6.07 Å². The molecule has 2 nitrogen and oxygen atoms in total. The molecular weight excluding hydrogens is 251 g/mol. The summed E-state index contributed by atoms with van der Waals surface area (Å²) in [5.74, 6) is -0.139. The van der Waals surface area contributed by atoms with Gasteiger partial charge < -0.3 is 5.73 Å². The molecule has 0 aliphatic carbocycles. The van der Waals surface area contributed by atoms with E-state index in [0.29, 0.717) is 5.41 Å². The Morgan fingerprint density at radius 3 is 2.45 bits per heavy atom. The van der Waals surface area contributed by atoms with Crippen molar-refractivity contribution < 1.29 is 4.39 Å². The zero-order valence-corrected chi connectivity index (χ0v) is 12.9. The third-order valence-corrected chi connectivity index (χ3v) is 5.08. The molecule has 0 radical (unpaired) electrons. The predicted molar refractivity (Wildman–Crippen MR) is 82.0 cm³/mol. The summed E-state index contributed by atoms with van der Waals surface area (Å²) in [6, 6.07) is 6.96. The fraction of sp³-hybridized carbons (Fsp3) is 0.647. The van der Waals surface area contributed by atoms with Crippen molar-refractivity contribution in [2.45, 2.75) is 52.1 Å². The number of likely N-dealkylation sites (tertiary alicyclic amines) is 1. The number of benzene rings is 1. The second kappa shape index (κ2) is 6.23. The number of hydrogen-bond donors (Lipinski definition) is 1. The van der Waals surface area contributed by atoms with Crippen LogP contribution in [0, 0.1) is 11.2 Å². The molecule has 2 atom stereocenters. The molecule has 1 fully saturated rings. The van der Waals surface area contributed by atoms with Crippen LogP contribution in [0.3, 0.4) is 0 Å². The van der Waals surface area contributed by atoms with Gasteiger partial charge in [-0.1, -0.05) is 32.0 Å². The van der Waals surface area contributed by atoms with Gasteiger partial charge >= 0.3 is 0 Å². The summed E-state index contributed by atoms with van der Waals surface area (Å²) in [6.45, 7) is 8.55. The standard InChI is InChI=1S/C17H27FN2/c1-4-17(5-2)10-11-20(12-17)16(13(3)19)14-8-6-7-9-15(14)18/h6-9,13,16H,4-5,10-12,19H2,1-3H3. The van der Waals surface area contributed by atoms with Crippen molar-refractivity contribution in [3.8, 4) is 0 Å². The van der Waals surface area contributed by atoms with Crippen LogP contribution in [0.5, 0.6) is 0 Å². The number of hydrogen-bond acceptors (Lipinski definition) is 2. The van der Waals surface area contributed by atoms with Crippen molar-refractivity contribution in [1.82, 2.24) is 4.90 Å². The highest BCUT2D eigenvalue weighted by Crippen LogP contribution is 2.41. The first kappa shape index (κ1) is 15.5. The molecule has 0 aromatic heterocycles. The molecular formula is C17H27FN2. The smallest absolute Gasteiger partial charge is 0.128 e. The van der Waals surface area contributed by atoms with Crippen molar-refractivity contribution in [1.29, 1.82) is 0 Å². The lowest BCUT2D eigenvalue weighted by atomic mass is 9.82. The maximum atomic E-state index is 14.1. The zero-order valence-electron chi connectivity index (χ0n) is 12.9. The SMILES string of the molecule is CCC1(CC)CCN(C(c2ccccc2F)C(C)N)C1. The first-order valence-electron chi connectivity index (χ1n) is 7.77. The Balaban J connectivity index is 2.26. The molecule has 3 heteroatoms. The van der Waals surface area contributed by atoms with Gasteiger partial charge in [-0.25, -0.2) is 4.39 Å². The molecule has 2 N–H and O–H groups in total. The van der Waals surface area contributed by atoms with E-state index in [0.717, 1.165) is 18.7 Å². The van der Waals surface area contributed by atoms with Gasteiger partial charge in [-0.2, -0.15) is 0 Å². The normalized spacial score (nSPS) is 21.9. The van der Waals surface area contributed by atoms with Crippen molar-refractivity contribution in [2.24, 2.45) is 11.1 Å². The van der Waals surface area contributed by atoms with Crippen molar-refractivity contribution in [2.75, 3.05) is 13.1 Å². The highest BCUT2D eigenvalue weighted by Gasteiger charge is 2.39. The molecule has 2 unspecified atom stereocenters. The van der Waals surface area contributed by atoms with Crippen LogP contribution in [-0.2, 0) is 0 Å². The molecule has 1 saturated heterocycles. The fourth-order valence-corrected chi connectivity index (χ4v) is 3.56. The molecule has 0 amide bonds. The summed E-state index contributed by atoms with van der Waals surface area (Å²) >= 11 is 0. The second-order valence-electron chi connectivity index (χ2n) is 6.25. The predicted octanol–water partition coefficient (Wildman–Crippen LogP) is 3.73. The van der Waals surface area contributed by atoms with Gasteiger partial charge in [-0.15, -0.1) is 0 Å². The van der Waals surface area contributed by atoms with Crippen LogP contribution in [-0.4, -0.2) is 24.0 Å². The van der Waals surface area contributed by atoms with Gasteiger partial charge in [-0.05, 0) is 44.2 Å². The van der Waals surface area contributed by atoms with Crippen LogP contribution in [0.2, 0.25) is 0 Å². The summed E-state index contributed by atoms with van der Waals surface area (Å²) < 4.78 is 14.1. The van der Waals surface area contributed by atoms with Crippen LogP contribution in [0.15, 0.2) is 24.3 Å². The van der Waals surface area contributed by atoms with E-state index in [1.807, 2.05) is 19.1 Å². The quantitative estimate of drug-likeness (QED) is 0.889. The van der Waals surface area contributed by atoms with Crippen LogP contribution >= 0.6 is 0 Å². The van der Waals surface area contributed by atoms with Gasteiger partial charge in [-0.3, -0.25) is 4.90 Å². The average Bonchev–Trinajstić information content (AvgIpc) is 2.86. The summed E-state index contributed by atoms with van der Waals surface area (Å²) in [5, 5.41) is 0. The van der Waals surface area contributed by atoms with Crippen molar-refractivity contribution >= 4 is 0 Å². The zero-order chi connectivity index (χ0) is 14.8. The average molecular weight is 278 g/mol.